The van der Waals surface area contributed by atoms with E-state index in [2.05, 4.69) is 5.32 Å². The van der Waals surface area contributed by atoms with Crippen LogP contribution >= 0.6 is 11.6 Å². The number of ether oxygens (including phenoxy) is 1. The van der Waals surface area contributed by atoms with Crippen molar-refractivity contribution in [2.75, 3.05) is 11.2 Å². The Morgan fingerprint density at radius 3 is 2.47 bits per heavy atom. The maximum atomic E-state index is 11.3. The van der Waals surface area contributed by atoms with E-state index in [1.807, 2.05) is 48.5 Å². The molecule has 2 aromatic carbocycles. The Morgan fingerprint density at radius 1 is 1.05 bits per heavy atom. The predicted molar refractivity (Wildman–Crippen MR) is 76.6 cm³/mol. The van der Waals surface area contributed by atoms with Crippen molar-refractivity contribution >= 4 is 23.2 Å². The van der Waals surface area contributed by atoms with Gasteiger partial charge >= 0.3 is 0 Å². The molecular weight excluding hydrogens is 262 g/mol. The molecule has 0 radical (unpaired) electrons. The van der Waals surface area contributed by atoms with E-state index in [1.54, 1.807) is 6.07 Å². The van der Waals surface area contributed by atoms with Crippen LogP contribution in [0.15, 0.2) is 54.6 Å². The van der Waals surface area contributed by atoms with Gasteiger partial charge in [0.05, 0.1) is 5.69 Å². The number of rotatable bonds is 5. The van der Waals surface area contributed by atoms with Crippen molar-refractivity contribution < 1.29 is 9.53 Å². The van der Waals surface area contributed by atoms with Crippen molar-refractivity contribution in [3.05, 3.63) is 60.2 Å². The molecule has 0 aliphatic rings. The van der Waals surface area contributed by atoms with Crippen molar-refractivity contribution in [3.63, 3.8) is 0 Å². The van der Waals surface area contributed by atoms with E-state index in [4.69, 9.17) is 16.3 Å². The summed E-state index contributed by atoms with van der Waals surface area (Å²) in [4.78, 5) is 11.3. The maximum Gasteiger partial charge on any atom is 0.239 e. The summed E-state index contributed by atoms with van der Waals surface area (Å²) in [6, 6.07) is 17.1. The van der Waals surface area contributed by atoms with Gasteiger partial charge in [0.1, 0.15) is 18.2 Å². The van der Waals surface area contributed by atoms with E-state index >= 15 is 0 Å². The standard InChI is InChI=1S/C15H14ClNO2/c16-10-15(18)17-13-8-4-5-9-14(13)19-11-12-6-2-1-3-7-12/h1-9H,10-11H2,(H,17,18). The van der Waals surface area contributed by atoms with Crippen LogP contribution in [0, 0.1) is 0 Å². The maximum absolute atomic E-state index is 11.3. The van der Waals surface area contributed by atoms with Gasteiger partial charge in [-0.05, 0) is 17.7 Å². The molecule has 0 saturated carbocycles. The SMILES string of the molecule is O=C(CCl)Nc1ccccc1OCc1ccccc1. The van der Waals surface area contributed by atoms with Crippen LogP contribution in [0.25, 0.3) is 0 Å². The Hall–Kier alpha value is -2.00. The van der Waals surface area contributed by atoms with Crippen LogP contribution in [0.2, 0.25) is 0 Å². The van der Waals surface area contributed by atoms with Crippen molar-refractivity contribution in [3.8, 4) is 5.75 Å². The molecule has 0 aliphatic heterocycles. The Kier molecular flexibility index (Phi) is 4.81. The summed E-state index contributed by atoms with van der Waals surface area (Å²) < 4.78 is 5.71. The number of halogens is 1. The number of nitrogens with one attached hydrogen (secondary N) is 1. The largest absolute Gasteiger partial charge is 0.487 e. The van der Waals surface area contributed by atoms with Crippen LogP contribution < -0.4 is 10.1 Å². The monoisotopic (exact) mass is 275 g/mol. The zero-order chi connectivity index (χ0) is 13.5. The van der Waals surface area contributed by atoms with Crippen molar-refractivity contribution in [1.29, 1.82) is 0 Å². The van der Waals surface area contributed by atoms with E-state index < -0.39 is 0 Å². The van der Waals surface area contributed by atoms with Gasteiger partial charge in [-0.3, -0.25) is 4.79 Å². The first kappa shape index (κ1) is 13.4. The number of amides is 1. The molecule has 1 N–H and O–H groups in total. The molecule has 0 saturated heterocycles. The summed E-state index contributed by atoms with van der Waals surface area (Å²) in [5, 5.41) is 2.70. The average Bonchev–Trinajstić information content (AvgIpc) is 2.47. The molecule has 0 aromatic heterocycles. The number of hydrogen-bond donors (Lipinski definition) is 1. The molecule has 98 valence electrons. The third-order valence-corrected chi connectivity index (χ3v) is 2.76. The summed E-state index contributed by atoms with van der Waals surface area (Å²) in [5.74, 6) is 0.301. The van der Waals surface area contributed by atoms with Crippen molar-refractivity contribution in [2.45, 2.75) is 6.61 Å². The highest BCUT2D eigenvalue weighted by molar-refractivity contribution is 6.29. The van der Waals surface area contributed by atoms with Crippen LogP contribution in [0.3, 0.4) is 0 Å². The van der Waals surface area contributed by atoms with Crippen LogP contribution in [0.5, 0.6) is 5.75 Å². The first-order valence-electron chi connectivity index (χ1n) is 5.91. The Bertz CT molecular complexity index is 543. The fourth-order valence-corrected chi connectivity index (χ4v) is 1.68. The zero-order valence-corrected chi connectivity index (χ0v) is 11.1. The summed E-state index contributed by atoms with van der Waals surface area (Å²) in [5.41, 5.74) is 1.70. The topological polar surface area (TPSA) is 38.3 Å². The molecule has 0 heterocycles. The number of anilines is 1. The molecule has 0 spiro atoms. The normalized spacial score (nSPS) is 9.95. The summed E-state index contributed by atoms with van der Waals surface area (Å²) in [7, 11) is 0. The van der Waals surface area contributed by atoms with Gasteiger partial charge in [-0.25, -0.2) is 0 Å². The van der Waals surface area contributed by atoms with Gasteiger partial charge in [0, 0.05) is 0 Å². The molecule has 0 unspecified atom stereocenters. The van der Waals surface area contributed by atoms with Crippen LogP contribution in [-0.2, 0) is 11.4 Å². The second-order valence-corrected chi connectivity index (χ2v) is 4.22. The smallest absolute Gasteiger partial charge is 0.239 e. The Balaban J connectivity index is 2.05. The lowest BCUT2D eigenvalue weighted by molar-refractivity contribution is -0.113. The second-order valence-electron chi connectivity index (χ2n) is 3.95. The molecule has 4 heteroatoms. The first-order chi connectivity index (χ1) is 9.29. The fourth-order valence-electron chi connectivity index (χ4n) is 1.61. The van der Waals surface area contributed by atoms with Gasteiger partial charge in [0.25, 0.3) is 0 Å². The summed E-state index contributed by atoms with van der Waals surface area (Å²) in [6.07, 6.45) is 0. The van der Waals surface area contributed by atoms with Crippen molar-refractivity contribution in [1.82, 2.24) is 0 Å². The van der Waals surface area contributed by atoms with E-state index in [0.29, 0.717) is 18.0 Å². The number of para-hydroxylation sites is 2. The molecule has 3 nitrogen and oxygen atoms in total. The van der Waals surface area contributed by atoms with Gasteiger partial charge in [-0.1, -0.05) is 42.5 Å². The van der Waals surface area contributed by atoms with Crippen LogP contribution in [0.1, 0.15) is 5.56 Å². The predicted octanol–water partition coefficient (Wildman–Crippen LogP) is 3.44. The van der Waals surface area contributed by atoms with Gasteiger partial charge in [-0.2, -0.15) is 0 Å². The highest BCUT2D eigenvalue weighted by Crippen LogP contribution is 2.24. The fraction of sp³-hybridized carbons (Fsp3) is 0.133. The lowest BCUT2D eigenvalue weighted by atomic mass is 10.2. The lowest BCUT2D eigenvalue weighted by Gasteiger charge is -2.11. The van der Waals surface area contributed by atoms with Gasteiger partial charge < -0.3 is 10.1 Å². The Morgan fingerprint density at radius 2 is 1.74 bits per heavy atom. The van der Waals surface area contributed by atoms with Crippen molar-refractivity contribution in [2.24, 2.45) is 0 Å². The van der Waals surface area contributed by atoms with Crippen LogP contribution in [0.4, 0.5) is 5.69 Å². The molecule has 19 heavy (non-hydrogen) atoms. The third kappa shape index (κ3) is 4.00. The quantitative estimate of drug-likeness (QED) is 0.849. The average molecular weight is 276 g/mol. The second kappa shape index (κ2) is 6.81. The molecule has 0 bridgehead atoms. The minimum atomic E-state index is -0.252. The summed E-state index contributed by atoms with van der Waals surface area (Å²) in [6.45, 7) is 0.453. The number of carbonyl (C=O) groups excluding carboxylic acids is 1. The Labute approximate surface area is 117 Å². The lowest BCUT2D eigenvalue weighted by Crippen LogP contribution is -2.13. The van der Waals surface area contributed by atoms with Crippen LogP contribution in [-0.4, -0.2) is 11.8 Å². The van der Waals surface area contributed by atoms with E-state index in [-0.39, 0.29) is 11.8 Å². The number of benzene rings is 2. The molecule has 0 fully saturated rings. The highest BCUT2D eigenvalue weighted by Gasteiger charge is 2.06. The van der Waals surface area contributed by atoms with Gasteiger partial charge in [0.15, 0.2) is 0 Å². The zero-order valence-electron chi connectivity index (χ0n) is 10.3. The number of hydrogen-bond acceptors (Lipinski definition) is 2. The molecule has 1 amide bonds. The molecule has 2 rings (SSSR count). The minimum absolute atomic E-state index is 0.0764. The van der Waals surface area contributed by atoms with Gasteiger partial charge in [-0.15, -0.1) is 11.6 Å². The summed E-state index contributed by atoms with van der Waals surface area (Å²) >= 11 is 5.47. The van der Waals surface area contributed by atoms with Gasteiger partial charge in [0.2, 0.25) is 5.91 Å². The minimum Gasteiger partial charge on any atom is -0.487 e. The molecular formula is C15H14ClNO2. The third-order valence-electron chi connectivity index (χ3n) is 2.52. The number of alkyl halides is 1. The molecule has 0 aliphatic carbocycles. The number of carbonyl (C=O) groups is 1. The molecule has 0 atom stereocenters. The first-order valence-corrected chi connectivity index (χ1v) is 6.44. The van der Waals surface area contributed by atoms with E-state index in [0.717, 1.165) is 5.56 Å². The van der Waals surface area contributed by atoms with E-state index in [1.165, 1.54) is 0 Å². The molecule has 2 aromatic rings. The van der Waals surface area contributed by atoms with E-state index in [9.17, 15) is 4.79 Å². The highest BCUT2D eigenvalue weighted by atomic mass is 35.5.